The molecular formula is C14H16FNO2S. The average molecular weight is 281 g/mol. The summed E-state index contributed by atoms with van der Waals surface area (Å²) < 4.78 is 18.4. The Labute approximate surface area is 115 Å². The molecule has 0 N–H and O–H groups in total. The maximum absolute atomic E-state index is 13.3. The number of methoxy groups -OCH3 is 1. The van der Waals surface area contributed by atoms with Crippen molar-refractivity contribution in [3.8, 4) is 5.88 Å². The number of fused-ring (bicyclic) bond motifs is 2. The molecule has 1 aromatic heterocycles. The first-order valence-electron chi connectivity index (χ1n) is 6.56. The third-order valence-electron chi connectivity index (χ3n) is 3.94. The standard InChI is InChI=1S/C14H16FNO2S/c1-18-14-12(6-9(15)7-16-14)13(17)8-4-10-2-3-11(5-8)19-10/h6-8,10-11H,2-5H2,1H3. The van der Waals surface area contributed by atoms with Crippen molar-refractivity contribution in [3.05, 3.63) is 23.6 Å². The highest BCUT2D eigenvalue weighted by molar-refractivity contribution is 8.00. The number of pyridine rings is 1. The molecule has 2 unspecified atom stereocenters. The number of halogens is 1. The molecule has 3 heterocycles. The molecular weight excluding hydrogens is 265 g/mol. The Morgan fingerprint density at radius 1 is 1.42 bits per heavy atom. The smallest absolute Gasteiger partial charge is 0.224 e. The zero-order valence-corrected chi connectivity index (χ0v) is 11.6. The molecule has 5 heteroatoms. The van der Waals surface area contributed by atoms with Crippen LogP contribution in [-0.2, 0) is 0 Å². The molecule has 102 valence electrons. The van der Waals surface area contributed by atoms with Crippen molar-refractivity contribution in [1.29, 1.82) is 0 Å². The Bertz CT molecular complexity index is 496. The van der Waals surface area contributed by atoms with Crippen molar-refractivity contribution in [2.45, 2.75) is 36.2 Å². The average Bonchev–Trinajstić information content (AvgIpc) is 2.76. The highest BCUT2D eigenvalue weighted by Crippen LogP contribution is 2.46. The van der Waals surface area contributed by atoms with Gasteiger partial charge in [-0.3, -0.25) is 4.79 Å². The number of carbonyl (C=O) groups is 1. The van der Waals surface area contributed by atoms with Crippen molar-refractivity contribution in [3.63, 3.8) is 0 Å². The van der Waals surface area contributed by atoms with Crippen LogP contribution >= 0.6 is 11.8 Å². The molecule has 19 heavy (non-hydrogen) atoms. The van der Waals surface area contributed by atoms with E-state index in [4.69, 9.17) is 4.74 Å². The summed E-state index contributed by atoms with van der Waals surface area (Å²) in [5.41, 5.74) is 0.291. The van der Waals surface area contributed by atoms with Crippen LogP contribution in [0.2, 0.25) is 0 Å². The number of hydrogen-bond donors (Lipinski definition) is 0. The lowest BCUT2D eigenvalue weighted by Crippen LogP contribution is -2.25. The highest BCUT2D eigenvalue weighted by atomic mass is 32.2. The molecule has 2 aliphatic heterocycles. The third-order valence-corrected chi connectivity index (χ3v) is 5.56. The SMILES string of the molecule is COc1ncc(F)cc1C(=O)C1CC2CCC(C1)S2. The van der Waals surface area contributed by atoms with E-state index in [1.165, 1.54) is 26.0 Å². The van der Waals surface area contributed by atoms with Gasteiger partial charge in [-0.15, -0.1) is 0 Å². The first kappa shape index (κ1) is 12.9. The van der Waals surface area contributed by atoms with Gasteiger partial charge in [-0.1, -0.05) is 0 Å². The molecule has 3 rings (SSSR count). The lowest BCUT2D eigenvalue weighted by atomic mass is 9.91. The lowest BCUT2D eigenvalue weighted by molar-refractivity contribution is 0.0902. The van der Waals surface area contributed by atoms with Crippen LogP contribution in [0.25, 0.3) is 0 Å². The molecule has 0 aromatic carbocycles. The van der Waals surface area contributed by atoms with Gasteiger partial charge in [0, 0.05) is 16.4 Å². The monoisotopic (exact) mass is 281 g/mol. The van der Waals surface area contributed by atoms with Crippen molar-refractivity contribution in [2.75, 3.05) is 7.11 Å². The van der Waals surface area contributed by atoms with E-state index >= 15 is 0 Å². The van der Waals surface area contributed by atoms with E-state index in [2.05, 4.69) is 4.98 Å². The number of Topliss-reactive ketones (excluding diaryl/α,β-unsaturated/α-hetero) is 1. The van der Waals surface area contributed by atoms with E-state index in [-0.39, 0.29) is 17.6 Å². The van der Waals surface area contributed by atoms with Crippen molar-refractivity contribution in [1.82, 2.24) is 4.98 Å². The number of ether oxygens (including phenoxy) is 1. The molecule has 0 radical (unpaired) electrons. The molecule has 2 bridgehead atoms. The zero-order valence-electron chi connectivity index (χ0n) is 10.8. The molecule has 0 spiro atoms. The van der Waals surface area contributed by atoms with Gasteiger partial charge in [0.15, 0.2) is 5.78 Å². The second-order valence-electron chi connectivity index (χ2n) is 5.20. The summed E-state index contributed by atoms with van der Waals surface area (Å²) in [5.74, 6) is -0.272. The van der Waals surface area contributed by atoms with Gasteiger partial charge in [-0.2, -0.15) is 11.8 Å². The van der Waals surface area contributed by atoms with Crippen molar-refractivity contribution < 1.29 is 13.9 Å². The minimum atomic E-state index is -0.489. The Kier molecular flexibility index (Phi) is 3.48. The predicted molar refractivity (Wildman–Crippen MR) is 72.2 cm³/mol. The van der Waals surface area contributed by atoms with Crippen LogP contribution in [0.1, 0.15) is 36.0 Å². The first-order chi connectivity index (χ1) is 9.17. The summed E-state index contributed by atoms with van der Waals surface area (Å²) in [6.45, 7) is 0. The molecule has 0 aliphatic carbocycles. The molecule has 2 aliphatic rings. The van der Waals surface area contributed by atoms with Crippen LogP contribution in [-0.4, -0.2) is 28.4 Å². The minimum Gasteiger partial charge on any atom is -0.480 e. The van der Waals surface area contributed by atoms with E-state index in [9.17, 15) is 9.18 Å². The van der Waals surface area contributed by atoms with Crippen molar-refractivity contribution >= 4 is 17.5 Å². The van der Waals surface area contributed by atoms with Gasteiger partial charge in [-0.25, -0.2) is 9.37 Å². The van der Waals surface area contributed by atoms with Crippen LogP contribution in [0.4, 0.5) is 4.39 Å². The number of ketones is 1. The molecule has 1 aromatic rings. The van der Waals surface area contributed by atoms with E-state index < -0.39 is 5.82 Å². The fourth-order valence-corrected chi connectivity index (χ4v) is 4.83. The lowest BCUT2D eigenvalue weighted by Gasteiger charge is -2.26. The first-order valence-corrected chi connectivity index (χ1v) is 7.51. The fourth-order valence-electron chi connectivity index (χ4n) is 3.06. The maximum atomic E-state index is 13.3. The van der Waals surface area contributed by atoms with E-state index in [1.54, 1.807) is 0 Å². The summed E-state index contributed by atoms with van der Waals surface area (Å²) in [7, 11) is 1.46. The number of aromatic nitrogens is 1. The van der Waals surface area contributed by atoms with Gasteiger partial charge in [0.1, 0.15) is 5.82 Å². The molecule has 0 amide bonds. The van der Waals surface area contributed by atoms with Gasteiger partial charge in [-0.05, 0) is 31.7 Å². The summed E-state index contributed by atoms with van der Waals surface area (Å²) in [6.07, 6.45) is 5.30. The second-order valence-corrected chi connectivity index (χ2v) is 6.81. The highest BCUT2D eigenvalue weighted by Gasteiger charge is 2.38. The molecule has 3 nitrogen and oxygen atoms in total. The Hall–Kier alpha value is -1.10. The van der Waals surface area contributed by atoms with Crippen LogP contribution in [0.5, 0.6) is 5.88 Å². The molecule has 2 saturated heterocycles. The quantitative estimate of drug-likeness (QED) is 0.798. The molecule has 2 fully saturated rings. The summed E-state index contributed by atoms with van der Waals surface area (Å²) in [5, 5.41) is 1.19. The van der Waals surface area contributed by atoms with E-state index in [1.807, 2.05) is 11.8 Å². The zero-order chi connectivity index (χ0) is 13.4. The minimum absolute atomic E-state index is 0.00347. The predicted octanol–water partition coefficient (Wildman–Crippen LogP) is 3.09. The summed E-state index contributed by atoms with van der Waals surface area (Å²) in [4.78, 5) is 16.4. The Balaban J connectivity index is 1.85. The summed E-state index contributed by atoms with van der Waals surface area (Å²) in [6, 6.07) is 1.25. The van der Waals surface area contributed by atoms with Crippen LogP contribution < -0.4 is 4.74 Å². The van der Waals surface area contributed by atoms with Gasteiger partial charge >= 0.3 is 0 Å². The Morgan fingerprint density at radius 3 is 2.74 bits per heavy atom. The van der Waals surface area contributed by atoms with Crippen molar-refractivity contribution in [2.24, 2.45) is 5.92 Å². The molecule has 0 saturated carbocycles. The Morgan fingerprint density at radius 2 is 2.11 bits per heavy atom. The normalized spacial score (nSPS) is 29.3. The van der Waals surface area contributed by atoms with E-state index in [0.29, 0.717) is 16.1 Å². The van der Waals surface area contributed by atoms with Gasteiger partial charge in [0.2, 0.25) is 5.88 Å². The molecule has 2 atom stereocenters. The van der Waals surface area contributed by atoms with Crippen LogP contribution in [0.3, 0.4) is 0 Å². The number of nitrogens with zero attached hydrogens (tertiary/aromatic N) is 1. The largest absolute Gasteiger partial charge is 0.480 e. The van der Waals surface area contributed by atoms with E-state index in [0.717, 1.165) is 19.0 Å². The van der Waals surface area contributed by atoms with Crippen LogP contribution in [0, 0.1) is 11.7 Å². The number of carbonyl (C=O) groups excluding carboxylic acids is 1. The fraction of sp³-hybridized carbons (Fsp3) is 0.571. The van der Waals surface area contributed by atoms with Crippen LogP contribution in [0.15, 0.2) is 12.3 Å². The topological polar surface area (TPSA) is 39.2 Å². The number of rotatable bonds is 3. The number of hydrogen-bond acceptors (Lipinski definition) is 4. The third kappa shape index (κ3) is 2.48. The van der Waals surface area contributed by atoms with Gasteiger partial charge in [0.25, 0.3) is 0 Å². The number of thioether (sulfide) groups is 1. The van der Waals surface area contributed by atoms with Gasteiger partial charge in [0.05, 0.1) is 18.9 Å². The summed E-state index contributed by atoms with van der Waals surface area (Å²) >= 11 is 2.01. The second kappa shape index (κ2) is 5.12. The van der Waals surface area contributed by atoms with Gasteiger partial charge < -0.3 is 4.74 Å². The maximum Gasteiger partial charge on any atom is 0.224 e.